The second kappa shape index (κ2) is 9.68. The molecule has 0 spiro atoms. The number of aromatic nitrogens is 1. The first-order valence-corrected chi connectivity index (χ1v) is 12.1. The Morgan fingerprint density at radius 3 is 2.61 bits per heavy atom. The largest absolute Gasteiger partial charge is 0.484 e. The molecule has 0 aliphatic heterocycles. The fourth-order valence-corrected chi connectivity index (χ4v) is 4.80. The highest BCUT2D eigenvalue weighted by Crippen LogP contribution is 2.31. The third-order valence-electron chi connectivity index (χ3n) is 4.97. The minimum absolute atomic E-state index is 0.0300. The van der Waals surface area contributed by atoms with Gasteiger partial charge in [0.2, 0.25) is 0 Å². The first kappa shape index (κ1) is 21.6. The molecule has 4 aromatic rings. The Kier molecular flexibility index (Phi) is 6.75. The van der Waals surface area contributed by atoms with Crippen molar-refractivity contribution in [2.75, 3.05) is 44.9 Å². The number of ether oxygens (including phenoxy) is 1. The van der Waals surface area contributed by atoms with E-state index in [0.717, 1.165) is 27.5 Å². The molecule has 31 heavy (non-hydrogen) atoms. The van der Waals surface area contributed by atoms with Gasteiger partial charge in [-0.1, -0.05) is 41.7 Å². The van der Waals surface area contributed by atoms with E-state index in [9.17, 15) is 4.79 Å². The molecule has 5 nitrogen and oxygen atoms in total. The van der Waals surface area contributed by atoms with Crippen molar-refractivity contribution in [3.63, 3.8) is 0 Å². The quantitative estimate of drug-likeness (QED) is 0.347. The van der Waals surface area contributed by atoms with Crippen LogP contribution in [-0.2, 0) is 4.79 Å². The van der Waals surface area contributed by atoms with E-state index in [1.54, 1.807) is 28.0 Å². The molecule has 0 aliphatic carbocycles. The maximum atomic E-state index is 13.1. The summed E-state index contributed by atoms with van der Waals surface area (Å²) < 4.78 is 6.95. The molecule has 0 radical (unpaired) electrons. The zero-order chi connectivity index (χ0) is 21.8. The molecule has 0 atom stereocenters. The van der Waals surface area contributed by atoms with E-state index in [2.05, 4.69) is 29.4 Å². The number of hydrogen-bond donors (Lipinski definition) is 0. The van der Waals surface area contributed by atoms with E-state index in [1.807, 2.05) is 56.6 Å². The Balaban J connectivity index is 1.53. The van der Waals surface area contributed by atoms with Crippen LogP contribution in [0.4, 0.5) is 5.13 Å². The number of carbonyl (C=O) groups is 1. The lowest BCUT2D eigenvalue weighted by Gasteiger charge is -2.22. The van der Waals surface area contributed by atoms with Crippen LogP contribution in [0.5, 0.6) is 5.75 Å². The smallest absolute Gasteiger partial charge is 0.266 e. The normalized spacial score (nSPS) is 11.4. The first-order chi connectivity index (χ1) is 15.0. The number of rotatable bonds is 8. The van der Waals surface area contributed by atoms with Crippen molar-refractivity contribution >= 4 is 55.1 Å². The Hall–Kier alpha value is -2.61. The van der Waals surface area contributed by atoms with Crippen LogP contribution in [-0.4, -0.2) is 55.8 Å². The summed E-state index contributed by atoms with van der Waals surface area (Å²) in [6.07, 6.45) is 2.06. The number of carbonyl (C=O) groups excluding carboxylic acids is 1. The summed E-state index contributed by atoms with van der Waals surface area (Å²) in [6, 6.07) is 20.2. The zero-order valence-corrected chi connectivity index (χ0v) is 19.5. The Morgan fingerprint density at radius 1 is 1.03 bits per heavy atom. The lowest BCUT2D eigenvalue weighted by molar-refractivity contribution is -0.120. The summed E-state index contributed by atoms with van der Waals surface area (Å²) in [7, 11) is 3.99. The van der Waals surface area contributed by atoms with Gasteiger partial charge in [0.15, 0.2) is 11.7 Å². The maximum Gasteiger partial charge on any atom is 0.266 e. The van der Waals surface area contributed by atoms with Gasteiger partial charge in [-0.3, -0.25) is 9.69 Å². The van der Waals surface area contributed by atoms with Crippen LogP contribution in [0.1, 0.15) is 0 Å². The number of thiazole rings is 1. The summed E-state index contributed by atoms with van der Waals surface area (Å²) in [4.78, 5) is 22.8. The van der Waals surface area contributed by atoms with Gasteiger partial charge in [-0.2, -0.15) is 0 Å². The molecule has 1 heterocycles. The second-order valence-corrected chi connectivity index (χ2v) is 9.37. The molecule has 0 aliphatic rings. The number of fused-ring (bicyclic) bond motifs is 2. The molecular formula is C24H25N3O2S2. The molecule has 1 amide bonds. The molecule has 0 N–H and O–H groups in total. The summed E-state index contributed by atoms with van der Waals surface area (Å²) >= 11 is 3.24. The van der Waals surface area contributed by atoms with Gasteiger partial charge in [0.1, 0.15) is 5.75 Å². The molecule has 0 bridgehead atoms. The summed E-state index contributed by atoms with van der Waals surface area (Å²) in [5.74, 6) is 0.590. The van der Waals surface area contributed by atoms with Crippen LogP contribution in [0.15, 0.2) is 65.6 Å². The number of amides is 1. The molecule has 3 aromatic carbocycles. The molecule has 0 saturated carbocycles. The Labute approximate surface area is 190 Å². The molecule has 0 fully saturated rings. The lowest BCUT2D eigenvalue weighted by Crippen LogP contribution is -2.39. The number of hydrogen-bond acceptors (Lipinski definition) is 6. The third kappa shape index (κ3) is 5.18. The van der Waals surface area contributed by atoms with Gasteiger partial charge in [0.25, 0.3) is 5.91 Å². The fourth-order valence-electron chi connectivity index (χ4n) is 3.24. The maximum absolute atomic E-state index is 13.1. The number of anilines is 1. The van der Waals surface area contributed by atoms with Crippen LogP contribution < -0.4 is 9.64 Å². The fraction of sp³-hybridized carbons (Fsp3) is 0.250. The molecule has 7 heteroatoms. The van der Waals surface area contributed by atoms with Crippen LogP contribution in [0.3, 0.4) is 0 Å². The Morgan fingerprint density at radius 2 is 1.84 bits per heavy atom. The lowest BCUT2D eigenvalue weighted by atomic mass is 10.1. The number of likely N-dealkylation sites (N-methyl/N-ethyl adjacent to an activating group) is 1. The van der Waals surface area contributed by atoms with E-state index in [4.69, 9.17) is 9.72 Å². The van der Waals surface area contributed by atoms with Gasteiger partial charge in [0, 0.05) is 18.0 Å². The number of nitrogens with zero attached hydrogens (tertiary/aromatic N) is 3. The van der Waals surface area contributed by atoms with Gasteiger partial charge in [0.05, 0.1) is 10.2 Å². The second-order valence-electron chi connectivity index (χ2n) is 7.48. The van der Waals surface area contributed by atoms with Crippen molar-refractivity contribution in [1.29, 1.82) is 0 Å². The number of thioether (sulfide) groups is 1. The molecule has 0 unspecified atom stereocenters. The van der Waals surface area contributed by atoms with E-state index in [-0.39, 0.29) is 12.5 Å². The van der Waals surface area contributed by atoms with Crippen molar-refractivity contribution in [3.05, 3.63) is 60.7 Å². The van der Waals surface area contributed by atoms with Crippen molar-refractivity contribution in [2.45, 2.75) is 4.90 Å². The molecule has 1 aromatic heterocycles. The topological polar surface area (TPSA) is 45.7 Å². The monoisotopic (exact) mass is 451 g/mol. The SMILES string of the molecule is CSc1ccc2nc(N(CCN(C)C)C(=O)COc3ccc4ccccc4c3)sc2c1. The average molecular weight is 452 g/mol. The van der Waals surface area contributed by atoms with Crippen LogP contribution in [0, 0.1) is 0 Å². The van der Waals surface area contributed by atoms with Crippen molar-refractivity contribution < 1.29 is 9.53 Å². The van der Waals surface area contributed by atoms with Gasteiger partial charge in [-0.05, 0) is 61.5 Å². The van der Waals surface area contributed by atoms with Gasteiger partial charge in [-0.15, -0.1) is 11.8 Å². The van der Waals surface area contributed by atoms with Crippen molar-refractivity contribution in [1.82, 2.24) is 9.88 Å². The molecule has 4 rings (SSSR count). The molecule has 160 valence electrons. The summed E-state index contributed by atoms with van der Waals surface area (Å²) in [6.45, 7) is 1.27. The molecule has 0 saturated heterocycles. The Bertz CT molecular complexity index is 1210. The van der Waals surface area contributed by atoms with E-state index in [1.165, 1.54) is 4.90 Å². The van der Waals surface area contributed by atoms with Crippen LogP contribution in [0.2, 0.25) is 0 Å². The molecular weight excluding hydrogens is 426 g/mol. The van der Waals surface area contributed by atoms with Crippen molar-refractivity contribution in [3.8, 4) is 5.75 Å². The van der Waals surface area contributed by atoms with E-state index < -0.39 is 0 Å². The third-order valence-corrected chi connectivity index (χ3v) is 6.74. The van der Waals surface area contributed by atoms with Gasteiger partial charge in [-0.25, -0.2) is 4.98 Å². The first-order valence-electron chi connectivity index (χ1n) is 10.0. The van der Waals surface area contributed by atoms with E-state index in [0.29, 0.717) is 17.4 Å². The minimum atomic E-state index is -0.0980. The standard InChI is InChI=1S/C24H25N3O2S2/c1-26(2)12-13-27(24-25-21-11-10-20(30-3)15-22(21)31-24)23(28)16-29-19-9-8-17-6-4-5-7-18(17)14-19/h4-11,14-15H,12-13,16H2,1-3H3. The summed E-state index contributed by atoms with van der Waals surface area (Å²) in [5, 5.41) is 2.95. The average Bonchev–Trinajstić information content (AvgIpc) is 3.20. The van der Waals surface area contributed by atoms with Crippen LogP contribution in [0.25, 0.3) is 21.0 Å². The van der Waals surface area contributed by atoms with Crippen LogP contribution >= 0.6 is 23.1 Å². The zero-order valence-electron chi connectivity index (χ0n) is 17.9. The highest BCUT2D eigenvalue weighted by Gasteiger charge is 2.20. The predicted octanol–water partition coefficient (Wildman–Crippen LogP) is 5.15. The van der Waals surface area contributed by atoms with Gasteiger partial charge >= 0.3 is 0 Å². The predicted molar refractivity (Wildman–Crippen MR) is 132 cm³/mol. The minimum Gasteiger partial charge on any atom is -0.484 e. The summed E-state index contributed by atoms with van der Waals surface area (Å²) in [5.41, 5.74) is 0.913. The van der Waals surface area contributed by atoms with E-state index >= 15 is 0 Å². The number of benzene rings is 3. The highest BCUT2D eigenvalue weighted by atomic mass is 32.2. The van der Waals surface area contributed by atoms with Gasteiger partial charge < -0.3 is 9.64 Å². The van der Waals surface area contributed by atoms with Crippen molar-refractivity contribution in [2.24, 2.45) is 0 Å². The highest BCUT2D eigenvalue weighted by molar-refractivity contribution is 7.98.